The van der Waals surface area contributed by atoms with Crippen LogP contribution in [0.5, 0.6) is 5.75 Å². The molecular formula is C17H18N2O4S. The molecule has 0 fully saturated rings. The van der Waals surface area contributed by atoms with Crippen molar-refractivity contribution in [3.8, 4) is 5.75 Å². The minimum absolute atomic E-state index is 0.0463. The third-order valence-corrected chi connectivity index (χ3v) is 4.06. The Bertz CT molecular complexity index is 920. The molecule has 0 atom stereocenters. The number of hydrogen-bond donors (Lipinski definition) is 0. The number of fused-ring (bicyclic) bond motifs is 1. The molecule has 0 radical (unpaired) electrons. The molecule has 0 saturated carbocycles. The number of hydrogen-bond acceptors (Lipinski definition) is 5. The van der Waals surface area contributed by atoms with Crippen molar-refractivity contribution in [1.29, 1.82) is 0 Å². The first-order chi connectivity index (χ1) is 11.5. The van der Waals surface area contributed by atoms with E-state index in [1.54, 1.807) is 10.9 Å². The lowest BCUT2D eigenvalue weighted by Crippen LogP contribution is -2.11. The van der Waals surface area contributed by atoms with Gasteiger partial charge in [0, 0.05) is 11.5 Å². The molecule has 0 N–H and O–H groups in total. The summed E-state index contributed by atoms with van der Waals surface area (Å²) in [5, 5.41) is 5.22. The molecule has 3 aromatic rings. The van der Waals surface area contributed by atoms with E-state index in [2.05, 4.69) is 5.10 Å². The standard InChI is InChI=1S/C17H18N2O4S/c1-24(20,21)23-10-9-19-17-11-16(8-7-15(17)12-18-19)22-13-14-5-3-2-4-6-14/h2-8,11-12H,9-10,13H2,1H3. The maximum Gasteiger partial charge on any atom is 0.264 e. The van der Waals surface area contributed by atoms with Crippen LogP contribution in [-0.2, 0) is 27.5 Å². The topological polar surface area (TPSA) is 70.4 Å². The van der Waals surface area contributed by atoms with E-state index >= 15 is 0 Å². The van der Waals surface area contributed by atoms with E-state index in [1.165, 1.54) is 0 Å². The highest BCUT2D eigenvalue weighted by Crippen LogP contribution is 2.21. The second-order valence-electron chi connectivity index (χ2n) is 5.39. The zero-order valence-electron chi connectivity index (χ0n) is 13.3. The summed E-state index contributed by atoms with van der Waals surface area (Å²) in [4.78, 5) is 0. The SMILES string of the molecule is CS(=O)(=O)OCCn1ncc2ccc(OCc3ccccc3)cc21. The summed E-state index contributed by atoms with van der Waals surface area (Å²) in [6, 6.07) is 15.6. The first-order valence-electron chi connectivity index (χ1n) is 7.48. The molecule has 1 aromatic heterocycles. The van der Waals surface area contributed by atoms with Gasteiger partial charge in [0.05, 0.1) is 31.1 Å². The summed E-state index contributed by atoms with van der Waals surface area (Å²) in [5.74, 6) is 0.733. The summed E-state index contributed by atoms with van der Waals surface area (Å²) < 4.78 is 34.3. The van der Waals surface area contributed by atoms with Gasteiger partial charge in [-0.15, -0.1) is 0 Å². The van der Waals surface area contributed by atoms with Gasteiger partial charge in [-0.25, -0.2) is 0 Å². The number of benzene rings is 2. The molecule has 0 amide bonds. The predicted molar refractivity (Wildman–Crippen MR) is 91.3 cm³/mol. The van der Waals surface area contributed by atoms with Gasteiger partial charge in [-0.05, 0) is 17.7 Å². The molecule has 0 spiro atoms. The summed E-state index contributed by atoms with van der Waals surface area (Å²) in [7, 11) is -3.44. The lowest BCUT2D eigenvalue weighted by molar-refractivity contribution is 0.298. The molecule has 0 saturated heterocycles. The van der Waals surface area contributed by atoms with E-state index in [4.69, 9.17) is 8.92 Å². The van der Waals surface area contributed by atoms with Crippen LogP contribution < -0.4 is 4.74 Å². The summed E-state index contributed by atoms with van der Waals surface area (Å²) in [6.45, 7) is 0.876. The quantitative estimate of drug-likeness (QED) is 0.615. The predicted octanol–water partition coefficient (Wildman–Crippen LogP) is 2.59. The van der Waals surface area contributed by atoms with Crippen LogP contribution in [0.3, 0.4) is 0 Å². The Labute approximate surface area is 140 Å². The van der Waals surface area contributed by atoms with Crippen LogP contribution in [0.4, 0.5) is 0 Å². The van der Waals surface area contributed by atoms with E-state index in [0.717, 1.165) is 28.5 Å². The molecule has 0 aliphatic heterocycles. The molecule has 24 heavy (non-hydrogen) atoms. The summed E-state index contributed by atoms with van der Waals surface area (Å²) in [6.07, 6.45) is 2.76. The third kappa shape index (κ3) is 4.33. The van der Waals surface area contributed by atoms with Crippen molar-refractivity contribution in [2.45, 2.75) is 13.2 Å². The molecule has 0 unspecified atom stereocenters. The van der Waals surface area contributed by atoms with Crippen LogP contribution in [-0.4, -0.2) is 31.1 Å². The van der Waals surface area contributed by atoms with Gasteiger partial charge in [0.15, 0.2) is 0 Å². The van der Waals surface area contributed by atoms with Crippen molar-refractivity contribution in [2.75, 3.05) is 12.9 Å². The van der Waals surface area contributed by atoms with Crippen molar-refractivity contribution >= 4 is 21.0 Å². The third-order valence-electron chi connectivity index (χ3n) is 3.47. The van der Waals surface area contributed by atoms with Crippen LogP contribution in [0.25, 0.3) is 10.9 Å². The molecule has 7 heteroatoms. The second kappa shape index (κ2) is 7.02. The molecule has 2 aromatic carbocycles. The highest BCUT2D eigenvalue weighted by Gasteiger charge is 2.07. The van der Waals surface area contributed by atoms with E-state index in [1.807, 2.05) is 48.5 Å². The molecule has 126 valence electrons. The number of ether oxygens (including phenoxy) is 1. The Balaban J connectivity index is 1.71. The van der Waals surface area contributed by atoms with Crippen molar-refractivity contribution in [1.82, 2.24) is 9.78 Å². The lowest BCUT2D eigenvalue weighted by Gasteiger charge is -2.08. The first-order valence-corrected chi connectivity index (χ1v) is 9.30. The van der Waals surface area contributed by atoms with Crippen LogP contribution in [0.2, 0.25) is 0 Å². The molecule has 6 nitrogen and oxygen atoms in total. The number of nitrogens with zero attached hydrogens (tertiary/aromatic N) is 2. The Kier molecular flexibility index (Phi) is 4.82. The van der Waals surface area contributed by atoms with Crippen LogP contribution in [0.1, 0.15) is 5.56 Å². The lowest BCUT2D eigenvalue weighted by atomic mass is 10.2. The fraction of sp³-hybridized carbons (Fsp3) is 0.235. The highest BCUT2D eigenvalue weighted by molar-refractivity contribution is 7.85. The largest absolute Gasteiger partial charge is 0.489 e. The van der Waals surface area contributed by atoms with Crippen molar-refractivity contribution < 1.29 is 17.3 Å². The van der Waals surface area contributed by atoms with E-state index in [9.17, 15) is 8.42 Å². The monoisotopic (exact) mass is 346 g/mol. The number of aromatic nitrogens is 2. The van der Waals surface area contributed by atoms with Gasteiger partial charge in [0.1, 0.15) is 12.4 Å². The van der Waals surface area contributed by atoms with Crippen LogP contribution in [0, 0.1) is 0 Å². The van der Waals surface area contributed by atoms with Crippen LogP contribution in [0.15, 0.2) is 54.7 Å². The highest BCUT2D eigenvalue weighted by atomic mass is 32.2. The average Bonchev–Trinajstić information content (AvgIpc) is 2.95. The Hall–Kier alpha value is -2.38. The molecule has 0 aliphatic carbocycles. The normalized spacial score (nSPS) is 11.7. The van der Waals surface area contributed by atoms with Crippen molar-refractivity contribution in [2.24, 2.45) is 0 Å². The fourth-order valence-corrected chi connectivity index (χ4v) is 2.71. The zero-order valence-corrected chi connectivity index (χ0v) is 14.1. The molecule has 0 aliphatic rings. The van der Waals surface area contributed by atoms with Gasteiger partial charge in [0.25, 0.3) is 10.1 Å². The zero-order chi connectivity index (χ0) is 17.0. The Morgan fingerprint density at radius 1 is 1.12 bits per heavy atom. The van der Waals surface area contributed by atoms with Crippen molar-refractivity contribution in [3.63, 3.8) is 0 Å². The molecule has 3 rings (SSSR count). The minimum Gasteiger partial charge on any atom is -0.489 e. The summed E-state index contributed by atoms with van der Waals surface area (Å²) >= 11 is 0. The molecular weight excluding hydrogens is 328 g/mol. The maximum absolute atomic E-state index is 11.0. The Morgan fingerprint density at radius 2 is 1.92 bits per heavy atom. The van der Waals surface area contributed by atoms with E-state index in [0.29, 0.717) is 13.2 Å². The second-order valence-corrected chi connectivity index (χ2v) is 7.03. The fourth-order valence-electron chi connectivity index (χ4n) is 2.33. The van der Waals surface area contributed by atoms with Crippen molar-refractivity contribution in [3.05, 3.63) is 60.3 Å². The molecule has 1 heterocycles. The van der Waals surface area contributed by atoms with Gasteiger partial charge in [-0.2, -0.15) is 13.5 Å². The smallest absolute Gasteiger partial charge is 0.264 e. The van der Waals surface area contributed by atoms with Gasteiger partial charge in [0.2, 0.25) is 0 Å². The summed E-state index contributed by atoms with van der Waals surface area (Å²) in [5.41, 5.74) is 1.96. The van der Waals surface area contributed by atoms with Gasteiger partial charge in [-0.1, -0.05) is 30.3 Å². The maximum atomic E-state index is 11.0. The number of rotatable bonds is 7. The first kappa shape index (κ1) is 16.5. The Morgan fingerprint density at radius 3 is 2.67 bits per heavy atom. The van der Waals surface area contributed by atoms with E-state index < -0.39 is 10.1 Å². The molecule has 0 bridgehead atoms. The van der Waals surface area contributed by atoms with Gasteiger partial charge >= 0.3 is 0 Å². The van der Waals surface area contributed by atoms with Crippen LogP contribution >= 0.6 is 0 Å². The van der Waals surface area contributed by atoms with E-state index in [-0.39, 0.29) is 6.61 Å². The average molecular weight is 346 g/mol. The van der Waals surface area contributed by atoms with Gasteiger partial charge < -0.3 is 4.74 Å². The van der Waals surface area contributed by atoms with Gasteiger partial charge in [-0.3, -0.25) is 8.86 Å². The minimum atomic E-state index is -3.44.